The summed E-state index contributed by atoms with van der Waals surface area (Å²) in [5.41, 5.74) is 3.69. The SMILES string of the molecule is Cn1c(O)c(C=C2C=Nc3ccccc32)sc1=Nc1ccc(Br)c(Cl)c1. The Bertz CT molecular complexity index is 1140. The molecule has 0 saturated heterocycles. The predicted octanol–water partition coefficient (Wildman–Crippen LogP) is 5.70. The molecule has 4 nitrogen and oxygen atoms in total. The summed E-state index contributed by atoms with van der Waals surface area (Å²) in [6, 6.07) is 13.4. The van der Waals surface area contributed by atoms with Gasteiger partial charge >= 0.3 is 0 Å². The van der Waals surface area contributed by atoms with Gasteiger partial charge in [-0.2, -0.15) is 0 Å². The third-order valence-electron chi connectivity index (χ3n) is 4.00. The van der Waals surface area contributed by atoms with E-state index in [2.05, 4.69) is 25.9 Å². The molecule has 2 heterocycles. The maximum Gasteiger partial charge on any atom is 0.210 e. The molecule has 0 fully saturated rings. The van der Waals surface area contributed by atoms with Crippen molar-refractivity contribution in [3.05, 3.63) is 67.2 Å². The minimum Gasteiger partial charge on any atom is -0.493 e. The lowest BCUT2D eigenvalue weighted by Gasteiger charge is -1.99. The van der Waals surface area contributed by atoms with Crippen LogP contribution in [0.2, 0.25) is 5.02 Å². The van der Waals surface area contributed by atoms with Crippen LogP contribution < -0.4 is 4.80 Å². The standard InChI is InChI=1S/C19H13BrClN3OS/c1-24-18(25)17(8-11-10-22-16-5-3-2-4-13(11)16)26-19(24)23-12-6-7-14(20)15(21)9-12/h2-10,25H,1H3. The van der Waals surface area contributed by atoms with Gasteiger partial charge in [0.25, 0.3) is 0 Å². The van der Waals surface area contributed by atoms with Crippen molar-refractivity contribution in [3.8, 4) is 5.88 Å². The summed E-state index contributed by atoms with van der Waals surface area (Å²) in [4.78, 5) is 10.4. The zero-order valence-electron chi connectivity index (χ0n) is 13.6. The van der Waals surface area contributed by atoms with E-state index in [-0.39, 0.29) is 5.88 Å². The molecule has 0 aliphatic carbocycles. The zero-order valence-corrected chi connectivity index (χ0v) is 16.8. The topological polar surface area (TPSA) is 49.9 Å². The second-order valence-corrected chi connectivity index (χ2v) is 7.99. The largest absolute Gasteiger partial charge is 0.493 e. The van der Waals surface area contributed by atoms with Crippen LogP contribution in [-0.2, 0) is 7.05 Å². The van der Waals surface area contributed by atoms with E-state index in [1.54, 1.807) is 17.7 Å². The molecule has 1 aliphatic heterocycles. The number of hydrogen-bond acceptors (Lipinski definition) is 4. The van der Waals surface area contributed by atoms with E-state index in [1.807, 2.05) is 48.7 Å². The molecule has 130 valence electrons. The Balaban J connectivity index is 1.78. The van der Waals surface area contributed by atoms with Crippen molar-refractivity contribution in [1.82, 2.24) is 4.57 Å². The number of para-hydroxylation sites is 1. The van der Waals surface area contributed by atoms with Crippen LogP contribution in [0.4, 0.5) is 11.4 Å². The first-order valence-electron chi connectivity index (χ1n) is 7.76. The Morgan fingerprint density at radius 3 is 2.88 bits per heavy atom. The van der Waals surface area contributed by atoms with Gasteiger partial charge in [-0.05, 0) is 46.3 Å². The molecule has 0 bridgehead atoms. The van der Waals surface area contributed by atoms with Gasteiger partial charge in [0.05, 0.1) is 21.3 Å². The van der Waals surface area contributed by atoms with Gasteiger partial charge in [-0.3, -0.25) is 9.56 Å². The van der Waals surface area contributed by atoms with E-state index in [0.717, 1.165) is 31.9 Å². The fourth-order valence-electron chi connectivity index (χ4n) is 2.62. The van der Waals surface area contributed by atoms with Crippen molar-refractivity contribution in [2.75, 3.05) is 0 Å². The van der Waals surface area contributed by atoms with Gasteiger partial charge in [0.1, 0.15) is 0 Å². The number of fused-ring (bicyclic) bond motifs is 1. The lowest BCUT2D eigenvalue weighted by Crippen LogP contribution is -2.08. The van der Waals surface area contributed by atoms with Gasteiger partial charge in [-0.15, -0.1) is 0 Å². The summed E-state index contributed by atoms with van der Waals surface area (Å²) >= 11 is 10.9. The van der Waals surface area contributed by atoms with Gasteiger partial charge in [-0.1, -0.05) is 41.1 Å². The maximum atomic E-state index is 10.5. The van der Waals surface area contributed by atoms with Crippen LogP contribution in [0.5, 0.6) is 5.88 Å². The Morgan fingerprint density at radius 2 is 2.08 bits per heavy atom. The van der Waals surface area contributed by atoms with Crippen molar-refractivity contribution in [3.63, 3.8) is 0 Å². The van der Waals surface area contributed by atoms with Crippen LogP contribution in [-0.4, -0.2) is 15.9 Å². The summed E-state index contributed by atoms with van der Waals surface area (Å²) in [5.74, 6) is 0.169. The number of hydrogen-bond donors (Lipinski definition) is 1. The van der Waals surface area contributed by atoms with Crippen LogP contribution in [0.3, 0.4) is 0 Å². The van der Waals surface area contributed by atoms with Gasteiger partial charge in [0.15, 0.2) is 4.80 Å². The molecule has 1 aliphatic rings. The molecule has 7 heteroatoms. The summed E-state index contributed by atoms with van der Waals surface area (Å²) < 4.78 is 2.48. The smallest absolute Gasteiger partial charge is 0.210 e. The molecule has 4 rings (SSSR count). The average Bonchev–Trinajstić information content (AvgIpc) is 3.16. The zero-order chi connectivity index (χ0) is 18.3. The predicted molar refractivity (Wildman–Crippen MR) is 112 cm³/mol. The molecule has 3 aromatic rings. The highest BCUT2D eigenvalue weighted by Gasteiger charge is 2.14. The second-order valence-electron chi connectivity index (χ2n) is 5.72. The van der Waals surface area contributed by atoms with Crippen LogP contribution in [0.15, 0.2) is 56.9 Å². The Hall–Kier alpha value is -2.15. The first-order valence-corrected chi connectivity index (χ1v) is 9.75. The van der Waals surface area contributed by atoms with Crippen molar-refractivity contribution >= 4 is 68.1 Å². The van der Waals surface area contributed by atoms with Crippen LogP contribution in [0.1, 0.15) is 10.4 Å². The molecule has 0 unspecified atom stereocenters. The number of thiazole rings is 1. The maximum absolute atomic E-state index is 10.5. The van der Waals surface area contributed by atoms with Crippen LogP contribution in [0.25, 0.3) is 11.6 Å². The number of nitrogens with zero attached hydrogens (tertiary/aromatic N) is 3. The molecule has 26 heavy (non-hydrogen) atoms. The summed E-state index contributed by atoms with van der Waals surface area (Å²) in [6.45, 7) is 0. The van der Waals surface area contributed by atoms with Crippen LogP contribution >= 0.6 is 38.9 Å². The average molecular weight is 447 g/mol. The highest BCUT2D eigenvalue weighted by atomic mass is 79.9. The van der Waals surface area contributed by atoms with Gasteiger partial charge in [0, 0.05) is 28.9 Å². The first kappa shape index (κ1) is 17.3. The molecule has 0 spiro atoms. The van der Waals surface area contributed by atoms with Crippen molar-refractivity contribution in [1.29, 1.82) is 0 Å². The number of aromatic hydroxyl groups is 1. The minimum atomic E-state index is 0.169. The second kappa shape index (κ2) is 6.87. The van der Waals surface area contributed by atoms with E-state index >= 15 is 0 Å². The molecule has 2 aromatic carbocycles. The highest BCUT2D eigenvalue weighted by Crippen LogP contribution is 2.34. The molecule has 0 saturated carbocycles. The molecule has 1 aromatic heterocycles. The lowest BCUT2D eigenvalue weighted by atomic mass is 10.1. The fraction of sp³-hybridized carbons (Fsp3) is 0.0526. The molecule has 0 amide bonds. The van der Waals surface area contributed by atoms with Crippen LogP contribution in [0, 0.1) is 0 Å². The Kier molecular flexibility index (Phi) is 4.56. The number of allylic oxidation sites excluding steroid dienone is 1. The van der Waals surface area contributed by atoms with E-state index in [9.17, 15) is 5.11 Å². The van der Waals surface area contributed by atoms with E-state index in [1.165, 1.54) is 11.3 Å². The number of halogens is 2. The summed E-state index contributed by atoms with van der Waals surface area (Å²) in [5, 5.41) is 11.1. The monoisotopic (exact) mass is 445 g/mol. The van der Waals surface area contributed by atoms with Gasteiger partial charge in [-0.25, -0.2) is 4.99 Å². The molecule has 0 radical (unpaired) electrons. The van der Waals surface area contributed by atoms with Crippen molar-refractivity contribution in [2.45, 2.75) is 0 Å². The Labute approximate surface area is 167 Å². The number of rotatable bonds is 2. The highest BCUT2D eigenvalue weighted by molar-refractivity contribution is 9.10. The number of aromatic nitrogens is 1. The first-order chi connectivity index (χ1) is 12.5. The third-order valence-corrected chi connectivity index (χ3v) is 6.30. The van der Waals surface area contributed by atoms with E-state index in [4.69, 9.17) is 11.6 Å². The van der Waals surface area contributed by atoms with E-state index < -0.39 is 0 Å². The van der Waals surface area contributed by atoms with Crippen molar-refractivity contribution < 1.29 is 5.11 Å². The lowest BCUT2D eigenvalue weighted by molar-refractivity contribution is 0.427. The molecular formula is C19H13BrClN3OS. The fourth-order valence-corrected chi connectivity index (χ4v) is 4.03. The normalized spacial score (nSPS) is 15.0. The molecular weight excluding hydrogens is 434 g/mol. The van der Waals surface area contributed by atoms with E-state index in [0.29, 0.717) is 9.82 Å². The van der Waals surface area contributed by atoms with Crippen molar-refractivity contribution in [2.24, 2.45) is 17.0 Å². The van der Waals surface area contributed by atoms with Gasteiger partial charge in [0.2, 0.25) is 5.88 Å². The summed E-state index contributed by atoms with van der Waals surface area (Å²) in [7, 11) is 1.78. The number of aliphatic imine (C=N–C) groups is 1. The summed E-state index contributed by atoms with van der Waals surface area (Å²) in [6.07, 6.45) is 3.75. The third kappa shape index (κ3) is 3.16. The molecule has 0 atom stereocenters. The number of benzene rings is 2. The molecule has 1 N–H and O–H groups in total. The minimum absolute atomic E-state index is 0.169. The quantitative estimate of drug-likeness (QED) is 0.539. The van der Waals surface area contributed by atoms with Gasteiger partial charge < -0.3 is 5.11 Å². The Morgan fingerprint density at radius 1 is 1.27 bits per heavy atom.